The van der Waals surface area contributed by atoms with Crippen LogP contribution in [0, 0.1) is 0 Å². The minimum atomic E-state index is -0.293. The van der Waals surface area contributed by atoms with Gasteiger partial charge in [0.1, 0.15) is 0 Å². The van der Waals surface area contributed by atoms with Crippen molar-refractivity contribution < 1.29 is 5.11 Å². The highest BCUT2D eigenvalue weighted by Crippen LogP contribution is 2.14. The number of pyridine rings is 1. The highest BCUT2D eigenvalue weighted by Gasteiger charge is 2.11. The van der Waals surface area contributed by atoms with Crippen LogP contribution in [0.15, 0.2) is 17.1 Å². The monoisotopic (exact) mass is 266 g/mol. The highest BCUT2D eigenvalue weighted by molar-refractivity contribution is 5.21. The van der Waals surface area contributed by atoms with Crippen LogP contribution in [0.2, 0.25) is 0 Å². The Morgan fingerprint density at radius 1 is 1.37 bits per heavy atom. The van der Waals surface area contributed by atoms with Gasteiger partial charge in [0.25, 0.3) is 0 Å². The Morgan fingerprint density at radius 3 is 2.58 bits per heavy atom. The number of rotatable bonds is 7. The summed E-state index contributed by atoms with van der Waals surface area (Å²) in [5, 5.41) is 9.56. The van der Waals surface area contributed by atoms with E-state index in [4.69, 9.17) is 0 Å². The fourth-order valence-corrected chi connectivity index (χ4v) is 2.15. The average molecular weight is 266 g/mol. The SMILES string of the molecule is CCCCN(CC)Cc1cc(=O)c(O)cn1C(C)C. The van der Waals surface area contributed by atoms with Crippen molar-refractivity contribution >= 4 is 0 Å². The van der Waals surface area contributed by atoms with E-state index < -0.39 is 0 Å². The number of unbranched alkanes of at least 4 members (excludes halogenated alkanes) is 1. The van der Waals surface area contributed by atoms with Crippen LogP contribution in [0.1, 0.15) is 52.3 Å². The molecule has 19 heavy (non-hydrogen) atoms. The predicted octanol–water partition coefficient (Wildman–Crippen LogP) is 2.76. The molecule has 0 saturated carbocycles. The van der Waals surface area contributed by atoms with E-state index in [0.717, 1.165) is 31.7 Å². The largest absolute Gasteiger partial charge is 0.503 e. The van der Waals surface area contributed by atoms with Crippen LogP contribution < -0.4 is 5.43 Å². The van der Waals surface area contributed by atoms with Crippen LogP contribution in [-0.4, -0.2) is 27.7 Å². The molecule has 1 N–H and O–H groups in total. The maximum absolute atomic E-state index is 11.6. The Labute approximate surface area is 115 Å². The molecular formula is C15H26N2O2. The zero-order chi connectivity index (χ0) is 14.4. The topological polar surface area (TPSA) is 45.5 Å². The number of aromatic hydroxyl groups is 1. The molecule has 0 spiro atoms. The third kappa shape index (κ3) is 4.39. The Balaban J connectivity index is 2.97. The summed E-state index contributed by atoms with van der Waals surface area (Å²) in [7, 11) is 0. The van der Waals surface area contributed by atoms with Crippen molar-refractivity contribution in [1.29, 1.82) is 0 Å². The molecule has 0 atom stereocenters. The van der Waals surface area contributed by atoms with Gasteiger partial charge in [-0.05, 0) is 33.4 Å². The van der Waals surface area contributed by atoms with Gasteiger partial charge in [0.15, 0.2) is 5.75 Å². The van der Waals surface area contributed by atoms with E-state index in [-0.39, 0.29) is 17.2 Å². The molecular weight excluding hydrogens is 240 g/mol. The molecule has 0 unspecified atom stereocenters. The smallest absolute Gasteiger partial charge is 0.223 e. The zero-order valence-electron chi connectivity index (χ0n) is 12.5. The van der Waals surface area contributed by atoms with Crippen molar-refractivity contribution in [2.45, 2.75) is 53.1 Å². The number of aromatic nitrogens is 1. The molecule has 0 aliphatic rings. The molecule has 0 fully saturated rings. The average Bonchev–Trinajstić information content (AvgIpc) is 2.37. The number of hydrogen-bond acceptors (Lipinski definition) is 3. The Morgan fingerprint density at radius 2 is 2.05 bits per heavy atom. The second kappa shape index (κ2) is 7.34. The van der Waals surface area contributed by atoms with Crippen molar-refractivity contribution in [2.75, 3.05) is 13.1 Å². The fraction of sp³-hybridized carbons (Fsp3) is 0.667. The van der Waals surface area contributed by atoms with E-state index in [0.29, 0.717) is 0 Å². The lowest BCUT2D eigenvalue weighted by atomic mass is 10.2. The van der Waals surface area contributed by atoms with Crippen molar-refractivity contribution in [1.82, 2.24) is 9.47 Å². The van der Waals surface area contributed by atoms with Gasteiger partial charge in [0.2, 0.25) is 5.43 Å². The lowest BCUT2D eigenvalue weighted by Crippen LogP contribution is -2.27. The highest BCUT2D eigenvalue weighted by atomic mass is 16.3. The van der Waals surface area contributed by atoms with Gasteiger partial charge in [-0.1, -0.05) is 20.3 Å². The Kier molecular flexibility index (Phi) is 6.09. The molecule has 108 valence electrons. The van der Waals surface area contributed by atoms with E-state index in [1.165, 1.54) is 6.42 Å². The van der Waals surface area contributed by atoms with E-state index in [1.807, 2.05) is 4.57 Å². The van der Waals surface area contributed by atoms with E-state index >= 15 is 0 Å². The Hall–Kier alpha value is -1.29. The molecule has 4 heteroatoms. The number of hydrogen-bond donors (Lipinski definition) is 1. The first-order chi connectivity index (χ1) is 8.99. The minimum absolute atomic E-state index is 0.172. The van der Waals surface area contributed by atoms with Gasteiger partial charge in [-0.15, -0.1) is 0 Å². The third-order valence-electron chi connectivity index (χ3n) is 3.36. The van der Waals surface area contributed by atoms with Gasteiger partial charge in [-0.2, -0.15) is 0 Å². The van der Waals surface area contributed by atoms with Crippen molar-refractivity contribution in [2.24, 2.45) is 0 Å². The molecule has 1 aromatic heterocycles. The molecule has 1 rings (SSSR count). The molecule has 0 saturated heterocycles. The maximum Gasteiger partial charge on any atom is 0.223 e. The van der Waals surface area contributed by atoms with Crippen LogP contribution >= 0.6 is 0 Å². The van der Waals surface area contributed by atoms with Gasteiger partial charge in [0, 0.05) is 24.3 Å². The Bertz CT molecular complexity index is 452. The molecule has 1 heterocycles. The van der Waals surface area contributed by atoms with E-state index in [9.17, 15) is 9.90 Å². The van der Waals surface area contributed by atoms with Gasteiger partial charge < -0.3 is 9.67 Å². The lowest BCUT2D eigenvalue weighted by molar-refractivity contribution is 0.265. The van der Waals surface area contributed by atoms with Gasteiger partial charge in [0.05, 0.1) is 6.20 Å². The van der Waals surface area contributed by atoms with Crippen molar-refractivity contribution in [3.63, 3.8) is 0 Å². The van der Waals surface area contributed by atoms with Crippen LogP contribution in [0.4, 0.5) is 0 Å². The van der Waals surface area contributed by atoms with Gasteiger partial charge in [-0.3, -0.25) is 9.69 Å². The maximum atomic E-state index is 11.6. The van der Waals surface area contributed by atoms with Crippen LogP contribution in [-0.2, 0) is 6.54 Å². The van der Waals surface area contributed by atoms with E-state index in [1.54, 1.807) is 12.3 Å². The summed E-state index contributed by atoms with van der Waals surface area (Å²) >= 11 is 0. The minimum Gasteiger partial charge on any atom is -0.503 e. The van der Waals surface area contributed by atoms with Crippen LogP contribution in [0.5, 0.6) is 5.75 Å². The zero-order valence-corrected chi connectivity index (χ0v) is 12.5. The summed E-state index contributed by atoms with van der Waals surface area (Å²) in [6, 6.07) is 1.79. The second-order valence-corrected chi connectivity index (χ2v) is 5.24. The van der Waals surface area contributed by atoms with Crippen LogP contribution in [0.25, 0.3) is 0 Å². The summed E-state index contributed by atoms with van der Waals surface area (Å²) < 4.78 is 1.98. The second-order valence-electron chi connectivity index (χ2n) is 5.24. The summed E-state index contributed by atoms with van der Waals surface area (Å²) in [6.45, 7) is 11.2. The normalized spacial score (nSPS) is 11.5. The van der Waals surface area contributed by atoms with Gasteiger partial charge in [-0.25, -0.2) is 0 Å². The molecule has 4 nitrogen and oxygen atoms in total. The standard InChI is InChI=1S/C15H26N2O2/c1-5-7-8-16(6-2)10-13-9-14(18)15(19)11-17(13)12(3)4/h9,11-12,19H,5-8,10H2,1-4H3. The lowest BCUT2D eigenvalue weighted by Gasteiger charge is -2.24. The molecule has 0 radical (unpaired) electrons. The summed E-state index contributed by atoms with van der Waals surface area (Å²) in [5.74, 6) is -0.172. The summed E-state index contributed by atoms with van der Waals surface area (Å²) in [5.41, 5.74) is 0.675. The molecule has 0 aromatic carbocycles. The summed E-state index contributed by atoms with van der Waals surface area (Å²) in [6.07, 6.45) is 3.89. The molecule has 1 aromatic rings. The van der Waals surface area contributed by atoms with Crippen molar-refractivity contribution in [3.8, 4) is 5.75 Å². The third-order valence-corrected chi connectivity index (χ3v) is 3.36. The van der Waals surface area contributed by atoms with Crippen molar-refractivity contribution in [3.05, 3.63) is 28.2 Å². The molecule has 0 aliphatic carbocycles. The first-order valence-corrected chi connectivity index (χ1v) is 7.15. The first-order valence-electron chi connectivity index (χ1n) is 7.15. The molecule has 0 aliphatic heterocycles. The van der Waals surface area contributed by atoms with Gasteiger partial charge >= 0.3 is 0 Å². The number of nitrogens with zero attached hydrogens (tertiary/aromatic N) is 2. The first kappa shape index (κ1) is 15.8. The summed E-state index contributed by atoms with van der Waals surface area (Å²) in [4.78, 5) is 13.9. The molecule has 0 bridgehead atoms. The quantitative estimate of drug-likeness (QED) is 0.825. The van der Waals surface area contributed by atoms with E-state index in [2.05, 4.69) is 32.6 Å². The van der Waals surface area contributed by atoms with Crippen LogP contribution in [0.3, 0.4) is 0 Å². The predicted molar refractivity (Wildman–Crippen MR) is 78.6 cm³/mol. The molecule has 0 amide bonds. The fourth-order valence-electron chi connectivity index (χ4n) is 2.15.